The van der Waals surface area contributed by atoms with Gasteiger partial charge in [-0.05, 0) is 105 Å². The molecular formula is C51H63N11O4. The number of benzene rings is 1. The van der Waals surface area contributed by atoms with E-state index in [1.54, 1.807) is 30.4 Å². The van der Waals surface area contributed by atoms with Crippen LogP contribution in [0, 0.1) is 5.41 Å². The first-order valence-corrected chi connectivity index (χ1v) is 23.4. The maximum Gasteiger partial charge on any atom is 0.293 e. The Morgan fingerprint density at radius 2 is 1.80 bits per heavy atom. The van der Waals surface area contributed by atoms with Crippen LogP contribution in [0.4, 0.5) is 34.4 Å². The minimum absolute atomic E-state index is 0.0569. The number of piperidine rings is 1. The summed E-state index contributed by atoms with van der Waals surface area (Å²) in [7, 11) is 1.65. The predicted molar refractivity (Wildman–Crippen MR) is 261 cm³/mol. The van der Waals surface area contributed by atoms with Crippen molar-refractivity contribution >= 4 is 46.2 Å². The summed E-state index contributed by atoms with van der Waals surface area (Å²) in [6, 6.07) is 14.8. The van der Waals surface area contributed by atoms with Gasteiger partial charge in [-0.2, -0.15) is 0 Å². The molecule has 346 valence electrons. The molecule has 2 fully saturated rings. The SMILES string of the molecule is C=CC(=O)Nc1cc(Nc2nc(-c3ccnc(N4CCn5c(cc6c5CC(C)(C)C6)C4=O)c3CO)cn(C)c2=O)ccc1N1CCN(C2CCN(c3ccc(C(C)C)nc3)[C@H](C)C2)C[C@@H]1C. The molecule has 15 heteroatoms. The molecule has 3 aliphatic heterocycles. The van der Waals surface area contributed by atoms with E-state index in [-0.39, 0.29) is 34.6 Å². The standard InChI is InChI=1S/C51H63N11O4/c1-9-46(64)55-41-24-35(10-13-43(41)60-19-18-58(28-33(60)5)36-15-17-59(32(4)22-36)37-11-12-40(31(2)3)53-27-37)54-47-50(66)57(8)29-42(56-47)38-14-16-52-48(39(38)30-63)62-21-20-61-44(49(62)65)23-34-25-51(6,7)26-45(34)61/h9-14,16,23-24,27,29,31-33,36,63H,1,15,17-22,25-26,28,30H2,2-8H3,(H,54,56)(H,55,64)/t32-,33+,36?/m1/s1. The zero-order valence-corrected chi connectivity index (χ0v) is 39.3. The Balaban J connectivity index is 0.924. The van der Waals surface area contributed by atoms with E-state index in [1.807, 2.05) is 30.5 Å². The molecule has 1 aliphatic carbocycles. The maximum absolute atomic E-state index is 14.0. The molecule has 4 aliphatic rings. The molecule has 2 amide bonds. The maximum atomic E-state index is 14.0. The van der Waals surface area contributed by atoms with Gasteiger partial charge in [0.2, 0.25) is 5.91 Å². The van der Waals surface area contributed by atoms with Gasteiger partial charge in [-0.25, -0.2) is 9.97 Å². The molecule has 2 saturated heterocycles. The number of rotatable bonds is 11. The summed E-state index contributed by atoms with van der Waals surface area (Å²) in [5.41, 5.74) is 8.63. The van der Waals surface area contributed by atoms with Crippen molar-refractivity contribution < 1.29 is 14.7 Å². The Hall–Kier alpha value is -6.32. The van der Waals surface area contributed by atoms with E-state index in [4.69, 9.17) is 9.97 Å². The fourth-order valence-corrected chi connectivity index (χ4v) is 10.8. The van der Waals surface area contributed by atoms with Gasteiger partial charge in [0.05, 0.1) is 35.6 Å². The number of hydrogen-bond acceptors (Lipinski definition) is 11. The molecule has 9 rings (SSSR count). The average Bonchev–Trinajstić information content (AvgIpc) is 3.79. The topological polar surface area (TPSA) is 157 Å². The van der Waals surface area contributed by atoms with Crippen molar-refractivity contribution in [2.24, 2.45) is 12.5 Å². The summed E-state index contributed by atoms with van der Waals surface area (Å²) < 4.78 is 3.59. The zero-order chi connectivity index (χ0) is 46.6. The van der Waals surface area contributed by atoms with Crippen LogP contribution >= 0.6 is 0 Å². The van der Waals surface area contributed by atoms with Crippen LogP contribution in [0.25, 0.3) is 11.3 Å². The van der Waals surface area contributed by atoms with Crippen LogP contribution in [-0.4, -0.2) is 96.8 Å². The smallest absolute Gasteiger partial charge is 0.293 e. The van der Waals surface area contributed by atoms with Crippen molar-refractivity contribution in [3.05, 3.63) is 112 Å². The molecule has 66 heavy (non-hydrogen) atoms. The first-order valence-electron chi connectivity index (χ1n) is 23.4. The van der Waals surface area contributed by atoms with Crippen LogP contribution in [0.3, 0.4) is 0 Å². The Morgan fingerprint density at radius 3 is 2.52 bits per heavy atom. The Bertz CT molecular complexity index is 2740. The summed E-state index contributed by atoms with van der Waals surface area (Å²) in [6.45, 7) is 21.3. The van der Waals surface area contributed by atoms with Crippen molar-refractivity contribution in [3.8, 4) is 11.3 Å². The van der Waals surface area contributed by atoms with Crippen molar-refractivity contribution in [1.82, 2.24) is 29.0 Å². The van der Waals surface area contributed by atoms with Gasteiger partial charge >= 0.3 is 0 Å². The lowest BCUT2D eigenvalue weighted by atomic mass is 9.90. The third-order valence-electron chi connectivity index (χ3n) is 14.1. The number of fused-ring (bicyclic) bond motifs is 3. The number of anilines is 6. The molecule has 5 aromatic rings. The molecule has 0 radical (unpaired) electrons. The number of aliphatic hydroxyl groups is 1. The van der Waals surface area contributed by atoms with Gasteiger partial charge in [-0.15, -0.1) is 0 Å². The second kappa shape index (κ2) is 17.8. The van der Waals surface area contributed by atoms with Crippen molar-refractivity contribution in [1.29, 1.82) is 0 Å². The summed E-state index contributed by atoms with van der Waals surface area (Å²) in [6.07, 6.45) is 10.5. The van der Waals surface area contributed by atoms with Gasteiger partial charge in [-0.3, -0.25) is 29.2 Å². The lowest BCUT2D eigenvalue weighted by molar-refractivity contribution is -0.111. The normalized spacial score (nSPS) is 20.7. The quantitative estimate of drug-likeness (QED) is 0.119. The van der Waals surface area contributed by atoms with Crippen molar-refractivity contribution in [3.63, 3.8) is 0 Å². The molecule has 1 unspecified atom stereocenters. The van der Waals surface area contributed by atoms with Crippen LogP contribution in [0.2, 0.25) is 0 Å². The van der Waals surface area contributed by atoms with Crippen LogP contribution in [0.5, 0.6) is 0 Å². The molecule has 1 aromatic carbocycles. The average molecular weight is 894 g/mol. The summed E-state index contributed by atoms with van der Waals surface area (Å²) in [5, 5.41) is 17.1. The molecular weight excluding hydrogens is 831 g/mol. The summed E-state index contributed by atoms with van der Waals surface area (Å²) >= 11 is 0. The Labute approximate surface area is 387 Å². The fraction of sp³-hybridized carbons (Fsp3) is 0.451. The number of aromatic nitrogens is 5. The lowest BCUT2D eigenvalue weighted by Crippen LogP contribution is -2.58. The monoisotopic (exact) mass is 894 g/mol. The van der Waals surface area contributed by atoms with Crippen LogP contribution in [0.1, 0.15) is 93.3 Å². The van der Waals surface area contributed by atoms with E-state index in [9.17, 15) is 19.5 Å². The van der Waals surface area contributed by atoms with Crippen LogP contribution in [0.15, 0.2) is 78.5 Å². The van der Waals surface area contributed by atoms with E-state index in [0.29, 0.717) is 70.8 Å². The lowest BCUT2D eigenvalue weighted by Gasteiger charge is -2.48. The van der Waals surface area contributed by atoms with Crippen LogP contribution < -0.4 is 30.9 Å². The van der Waals surface area contributed by atoms with E-state index in [2.05, 4.69) is 95.1 Å². The largest absolute Gasteiger partial charge is 0.392 e. The van der Waals surface area contributed by atoms with Crippen molar-refractivity contribution in [2.75, 3.05) is 58.1 Å². The van der Waals surface area contributed by atoms with E-state index >= 15 is 0 Å². The third-order valence-corrected chi connectivity index (χ3v) is 14.1. The number of nitrogens with zero attached hydrogens (tertiary/aromatic N) is 9. The molecule has 0 spiro atoms. The Kier molecular flexibility index (Phi) is 12.1. The second-order valence-electron chi connectivity index (χ2n) is 19.7. The van der Waals surface area contributed by atoms with Gasteiger partial charge in [0.1, 0.15) is 11.5 Å². The van der Waals surface area contributed by atoms with E-state index in [0.717, 1.165) is 63.2 Å². The first-order chi connectivity index (χ1) is 31.6. The number of nitrogens with one attached hydrogen (secondary N) is 2. The van der Waals surface area contributed by atoms with Gasteiger partial charge in [-0.1, -0.05) is 34.3 Å². The minimum Gasteiger partial charge on any atom is -0.392 e. The highest BCUT2D eigenvalue weighted by Crippen LogP contribution is 2.41. The second-order valence-corrected chi connectivity index (χ2v) is 19.7. The highest BCUT2D eigenvalue weighted by atomic mass is 16.3. The highest BCUT2D eigenvalue weighted by molar-refractivity contribution is 6.06. The zero-order valence-electron chi connectivity index (χ0n) is 39.3. The number of hydrogen-bond donors (Lipinski definition) is 3. The molecule has 7 heterocycles. The summed E-state index contributed by atoms with van der Waals surface area (Å²) in [4.78, 5) is 63.8. The molecule has 0 bridgehead atoms. The minimum atomic E-state index is -0.397. The number of pyridine rings is 2. The first kappa shape index (κ1) is 44.9. The van der Waals surface area contributed by atoms with E-state index < -0.39 is 6.61 Å². The number of piperazine rings is 1. The van der Waals surface area contributed by atoms with Gasteiger partial charge < -0.3 is 34.7 Å². The molecule has 3 atom stereocenters. The van der Waals surface area contributed by atoms with Gasteiger partial charge in [0.15, 0.2) is 5.82 Å². The van der Waals surface area contributed by atoms with Crippen LogP contribution in [-0.2, 0) is 37.8 Å². The molecule has 4 aromatic heterocycles. The van der Waals surface area contributed by atoms with Crippen molar-refractivity contribution in [2.45, 2.75) is 104 Å². The number of aliphatic hydroxyl groups excluding tert-OH is 1. The molecule has 15 nitrogen and oxygen atoms in total. The predicted octanol–water partition coefficient (Wildman–Crippen LogP) is 6.88. The van der Waals surface area contributed by atoms with Gasteiger partial charge in [0, 0.05) is 105 Å². The molecule has 0 saturated carbocycles. The molecule has 3 N–H and O–H groups in total. The Morgan fingerprint density at radius 1 is 0.985 bits per heavy atom. The summed E-state index contributed by atoms with van der Waals surface area (Å²) in [5.74, 6) is 0.330. The van der Waals surface area contributed by atoms with Gasteiger partial charge in [0.25, 0.3) is 11.5 Å². The third kappa shape index (κ3) is 8.50. The fourth-order valence-electron chi connectivity index (χ4n) is 10.8. The highest BCUT2D eigenvalue weighted by Gasteiger charge is 2.38. The number of amides is 2. The number of aryl methyl sites for hydroxylation is 1. The number of carbonyl (C=O) groups excluding carboxylic acids is 2. The van der Waals surface area contributed by atoms with E-state index in [1.165, 1.54) is 27.6 Å². The number of carbonyl (C=O) groups is 2.